The largest absolute Gasteiger partial charge is 0.457 e. The second-order valence-corrected chi connectivity index (χ2v) is 16.3. The van der Waals surface area contributed by atoms with Crippen molar-refractivity contribution in [1.82, 2.24) is 29.9 Å². The molecule has 10 rings (SSSR count). The van der Waals surface area contributed by atoms with Crippen LogP contribution in [0.2, 0.25) is 0 Å². The van der Waals surface area contributed by atoms with Crippen molar-refractivity contribution in [3.63, 3.8) is 0 Å². The number of imide groups is 2. The van der Waals surface area contributed by atoms with Crippen molar-refractivity contribution in [3.05, 3.63) is 89.5 Å². The molecule has 0 spiro atoms. The fourth-order valence-corrected chi connectivity index (χ4v) is 9.46. The molecule has 4 atom stereocenters. The molecule has 17 heteroatoms. The van der Waals surface area contributed by atoms with Crippen molar-refractivity contribution in [2.24, 2.45) is 26.7 Å². The number of likely N-dealkylation sites (tertiary alicyclic amines) is 1. The molecule has 0 aliphatic carbocycles. The van der Waals surface area contributed by atoms with E-state index in [-0.39, 0.29) is 48.1 Å². The quantitative estimate of drug-likeness (QED) is 0.335. The number of nitrogens with zero attached hydrogens (tertiary/aromatic N) is 9. The zero-order valence-electron chi connectivity index (χ0n) is 32.9. The average Bonchev–Trinajstić information content (AvgIpc) is 3.76. The number of nitrogens with one attached hydrogen (secondary N) is 1. The monoisotopic (exact) mass is 811 g/mol. The molecule has 0 aromatic heterocycles. The van der Waals surface area contributed by atoms with E-state index in [9.17, 15) is 24.0 Å². The fraction of sp³-hybridized carbons (Fsp3) is 0.395. The van der Waals surface area contributed by atoms with E-state index in [1.54, 1.807) is 12.1 Å². The first-order valence-corrected chi connectivity index (χ1v) is 20.6. The average molecular weight is 812 g/mol. The summed E-state index contributed by atoms with van der Waals surface area (Å²) in [5.41, 5.74) is 9.60. The van der Waals surface area contributed by atoms with Crippen LogP contribution in [0.1, 0.15) is 52.0 Å². The van der Waals surface area contributed by atoms with Crippen molar-refractivity contribution in [2.75, 3.05) is 57.3 Å². The molecule has 17 nitrogen and oxygen atoms in total. The molecule has 7 heterocycles. The summed E-state index contributed by atoms with van der Waals surface area (Å²) in [6.45, 7) is 5.49. The highest BCUT2D eigenvalue weighted by atomic mass is 16.5. The highest BCUT2D eigenvalue weighted by molar-refractivity contribution is 6.24. The van der Waals surface area contributed by atoms with Crippen molar-refractivity contribution < 1.29 is 28.7 Å². The summed E-state index contributed by atoms with van der Waals surface area (Å²) in [6.07, 6.45) is 3.10. The van der Waals surface area contributed by atoms with Crippen LogP contribution in [0.5, 0.6) is 11.5 Å². The number of aliphatic imine (C=N–C) groups is 2. The summed E-state index contributed by atoms with van der Waals surface area (Å²) in [5.74, 6) is -0.409. The van der Waals surface area contributed by atoms with Gasteiger partial charge in [-0.25, -0.2) is 14.8 Å². The molecule has 6 amide bonds. The topological polar surface area (TPSA) is 189 Å². The third-order valence-electron chi connectivity index (χ3n) is 12.8. The van der Waals surface area contributed by atoms with Gasteiger partial charge in [-0.05, 0) is 79.4 Å². The van der Waals surface area contributed by atoms with Gasteiger partial charge in [0.25, 0.3) is 11.8 Å². The molecule has 0 bridgehead atoms. The number of amides is 6. The van der Waals surface area contributed by atoms with Crippen LogP contribution in [-0.2, 0) is 9.59 Å². The maximum absolute atomic E-state index is 14.0. The Morgan fingerprint density at radius 3 is 2.30 bits per heavy atom. The highest BCUT2D eigenvalue weighted by Gasteiger charge is 2.47. The number of nitrogens with two attached hydrogens (primary N) is 1. The molecule has 3 aromatic carbocycles. The first-order chi connectivity index (χ1) is 29.2. The summed E-state index contributed by atoms with van der Waals surface area (Å²) in [7, 11) is 0. The van der Waals surface area contributed by atoms with E-state index >= 15 is 0 Å². The summed E-state index contributed by atoms with van der Waals surface area (Å²) >= 11 is 0. The Hall–Kier alpha value is -6.62. The number of hydrogen-bond donors (Lipinski definition) is 2. The van der Waals surface area contributed by atoms with Gasteiger partial charge in [-0.15, -0.1) is 0 Å². The van der Waals surface area contributed by atoms with Crippen LogP contribution in [0.4, 0.5) is 10.5 Å². The molecule has 4 fully saturated rings. The van der Waals surface area contributed by atoms with Gasteiger partial charge >= 0.3 is 6.03 Å². The molecular formula is C43H45N11O6. The number of para-hydroxylation sites is 1. The lowest BCUT2D eigenvalue weighted by Gasteiger charge is -2.49. The van der Waals surface area contributed by atoms with E-state index in [0.29, 0.717) is 43.8 Å². The minimum Gasteiger partial charge on any atom is -0.457 e. The van der Waals surface area contributed by atoms with Crippen LogP contribution in [0, 0.1) is 5.92 Å². The second-order valence-electron chi connectivity index (χ2n) is 16.3. The second kappa shape index (κ2) is 15.2. The number of rotatable bonds is 7. The maximum Gasteiger partial charge on any atom is 0.320 e. The van der Waals surface area contributed by atoms with Crippen LogP contribution in [0.15, 0.2) is 87.9 Å². The van der Waals surface area contributed by atoms with Gasteiger partial charge in [0, 0.05) is 70.5 Å². The first kappa shape index (κ1) is 37.6. The van der Waals surface area contributed by atoms with Crippen molar-refractivity contribution in [3.8, 4) is 11.5 Å². The number of anilines is 1. The van der Waals surface area contributed by atoms with Crippen LogP contribution >= 0.6 is 0 Å². The van der Waals surface area contributed by atoms with Crippen LogP contribution in [-0.4, -0.2) is 149 Å². The maximum atomic E-state index is 14.0. The number of amidine groups is 1. The lowest BCUT2D eigenvalue weighted by atomic mass is 9.92. The van der Waals surface area contributed by atoms with Gasteiger partial charge in [0.15, 0.2) is 6.17 Å². The number of ether oxygens (including phenoxy) is 1. The van der Waals surface area contributed by atoms with Gasteiger partial charge in [0.2, 0.25) is 11.8 Å². The zero-order valence-corrected chi connectivity index (χ0v) is 32.9. The minimum atomic E-state index is -0.993. The smallest absolute Gasteiger partial charge is 0.320 e. The Morgan fingerprint density at radius 1 is 0.783 bits per heavy atom. The van der Waals surface area contributed by atoms with Gasteiger partial charge in [-0.3, -0.25) is 39.3 Å². The molecule has 60 heavy (non-hydrogen) atoms. The van der Waals surface area contributed by atoms with Gasteiger partial charge < -0.3 is 25.2 Å². The minimum absolute atomic E-state index is 0.0354. The summed E-state index contributed by atoms with van der Waals surface area (Å²) < 4.78 is 6.01. The van der Waals surface area contributed by atoms with E-state index in [4.69, 9.17) is 20.6 Å². The van der Waals surface area contributed by atoms with E-state index in [2.05, 4.69) is 20.1 Å². The normalized spacial score (nSPS) is 25.8. The number of carbonyl (C=O) groups excluding carboxylic acids is 5. The predicted octanol–water partition coefficient (Wildman–Crippen LogP) is 2.33. The molecule has 308 valence electrons. The molecule has 7 aliphatic heterocycles. The van der Waals surface area contributed by atoms with Gasteiger partial charge in [0.05, 0.1) is 22.9 Å². The van der Waals surface area contributed by atoms with E-state index in [0.717, 1.165) is 66.6 Å². The molecule has 0 radical (unpaired) electrons. The first-order valence-electron chi connectivity index (χ1n) is 20.6. The molecule has 0 saturated carbocycles. The highest BCUT2D eigenvalue weighted by Crippen LogP contribution is 2.36. The Labute approximate surface area is 346 Å². The number of piperazine rings is 1. The van der Waals surface area contributed by atoms with Gasteiger partial charge in [-0.2, -0.15) is 5.10 Å². The molecular weight excluding hydrogens is 767 g/mol. The van der Waals surface area contributed by atoms with E-state index in [1.807, 2.05) is 75.5 Å². The molecule has 4 unspecified atom stereocenters. The van der Waals surface area contributed by atoms with E-state index < -0.39 is 29.7 Å². The van der Waals surface area contributed by atoms with Gasteiger partial charge in [-0.1, -0.05) is 18.2 Å². The number of urea groups is 1. The summed E-state index contributed by atoms with van der Waals surface area (Å²) in [5, 5.41) is 9.41. The molecule has 3 N–H and O–H groups in total. The fourth-order valence-electron chi connectivity index (χ4n) is 9.46. The SMILES string of the molecule is NC1=NC=NC2C1C(c1ccc(Oc3ccccc3)cc1)=NN2C1CCCN(C(=O)N2CCN(C3CN(c4ccc5c(c4)C(=O)N(C4CCC(=O)NC4=O)C5=O)C3)CC2)C1. The Morgan fingerprint density at radius 2 is 1.53 bits per heavy atom. The number of benzene rings is 3. The Bertz CT molecular complexity index is 2340. The standard InChI is InChI=1S/C43H45N11O6/c44-38-36-37(26-8-11-31(12-9-26)60-30-6-2-1-3-7-30)48-54(39(36)46-25-45-38)28-5-4-16-51(22-28)43(59)50-19-17-49(18-20-50)29-23-52(24-29)27-10-13-32-33(21-27)42(58)53(41(32)57)34-14-15-35(55)47-40(34)56/h1-3,6-13,21,25,28-29,34,36,39H,4-5,14-20,22-24H2,(H2,44,45,46)(H,47,55,56). The Balaban J connectivity index is 0.738. The zero-order chi connectivity index (χ0) is 41.1. The number of hydrogen-bond acceptors (Lipinski definition) is 13. The third-order valence-corrected chi connectivity index (χ3v) is 12.8. The number of piperidine rings is 2. The summed E-state index contributed by atoms with van der Waals surface area (Å²) in [4.78, 5) is 83.2. The van der Waals surface area contributed by atoms with Crippen molar-refractivity contribution >= 4 is 53.2 Å². The number of fused-ring (bicyclic) bond motifs is 2. The van der Waals surface area contributed by atoms with Crippen LogP contribution in [0.25, 0.3) is 0 Å². The third kappa shape index (κ3) is 6.71. The number of hydrazone groups is 1. The predicted molar refractivity (Wildman–Crippen MR) is 221 cm³/mol. The Kier molecular flexibility index (Phi) is 9.53. The molecule has 4 saturated heterocycles. The van der Waals surface area contributed by atoms with Crippen LogP contribution in [0.3, 0.4) is 0 Å². The van der Waals surface area contributed by atoms with Crippen molar-refractivity contribution in [1.29, 1.82) is 0 Å². The number of carbonyl (C=O) groups is 5. The summed E-state index contributed by atoms with van der Waals surface area (Å²) in [6, 6.07) is 22.0. The van der Waals surface area contributed by atoms with E-state index in [1.165, 1.54) is 6.34 Å². The van der Waals surface area contributed by atoms with Crippen LogP contribution < -0.4 is 20.7 Å². The van der Waals surface area contributed by atoms with Crippen molar-refractivity contribution in [2.45, 2.75) is 50.0 Å². The molecule has 7 aliphatic rings. The lowest BCUT2D eigenvalue weighted by Crippen LogP contribution is -2.64. The molecule has 3 aromatic rings. The van der Waals surface area contributed by atoms with Gasteiger partial charge in [0.1, 0.15) is 35.6 Å². The lowest BCUT2D eigenvalue weighted by molar-refractivity contribution is -0.136.